The molecule has 0 aliphatic rings. The van der Waals surface area contributed by atoms with Gasteiger partial charge in [0.1, 0.15) is 11.6 Å². The van der Waals surface area contributed by atoms with Crippen LogP contribution in [-0.4, -0.2) is 18.6 Å². The smallest absolute Gasteiger partial charge is 0.239 e. The van der Waals surface area contributed by atoms with Gasteiger partial charge in [0.2, 0.25) is 5.88 Å². The fourth-order valence-corrected chi connectivity index (χ4v) is 1.81. The van der Waals surface area contributed by atoms with E-state index in [2.05, 4.69) is 18.8 Å². The Kier molecular flexibility index (Phi) is 4.62. The average Bonchev–Trinajstić information content (AvgIpc) is 2.45. The lowest BCUT2D eigenvalue weighted by Gasteiger charge is -2.20. The summed E-state index contributed by atoms with van der Waals surface area (Å²) in [6.07, 6.45) is 0. The molecule has 5 heteroatoms. The third-order valence-corrected chi connectivity index (χ3v) is 2.97. The van der Waals surface area contributed by atoms with E-state index in [0.29, 0.717) is 35.6 Å². The summed E-state index contributed by atoms with van der Waals surface area (Å²) < 4.78 is 18.9. The summed E-state index contributed by atoms with van der Waals surface area (Å²) in [5, 5.41) is 0. The van der Waals surface area contributed by atoms with Crippen LogP contribution in [0.1, 0.15) is 13.8 Å². The van der Waals surface area contributed by atoms with Gasteiger partial charge in [-0.15, -0.1) is 0 Å². The zero-order chi connectivity index (χ0) is 15.4. The molecule has 21 heavy (non-hydrogen) atoms. The molecule has 0 radical (unpaired) electrons. The number of rotatable bonds is 5. The Balaban J connectivity index is 2.25. The van der Waals surface area contributed by atoms with Crippen molar-refractivity contribution in [2.45, 2.75) is 13.8 Å². The van der Waals surface area contributed by atoms with Gasteiger partial charge in [-0.2, -0.15) is 4.98 Å². The molecule has 1 aromatic carbocycles. The molecule has 2 rings (SSSR count). The molecule has 0 amide bonds. The van der Waals surface area contributed by atoms with Gasteiger partial charge < -0.3 is 15.4 Å². The van der Waals surface area contributed by atoms with Crippen LogP contribution in [0, 0.1) is 11.7 Å². The number of benzene rings is 1. The van der Waals surface area contributed by atoms with E-state index in [-0.39, 0.29) is 5.82 Å². The first kappa shape index (κ1) is 15.1. The number of ether oxygens (including phenoxy) is 1. The summed E-state index contributed by atoms with van der Waals surface area (Å²) in [7, 11) is 1.82. The molecular weight excluding hydrogens is 269 g/mol. The number of hydrogen-bond donors (Lipinski definition) is 1. The molecule has 0 atom stereocenters. The largest absolute Gasteiger partial charge is 0.476 e. The normalized spacial score (nSPS) is 10.7. The third kappa shape index (κ3) is 3.84. The van der Waals surface area contributed by atoms with Crippen LogP contribution >= 0.6 is 0 Å². The van der Waals surface area contributed by atoms with Gasteiger partial charge >= 0.3 is 0 Å². The minimum atomic E-state index is -0.286. The highest BCUT2D eigenvalue weighted by Crippen LogP contribution is 2.27. The van der Waals surface area contributed by atoms with E-state index >= 15 is 0 Å². The van der Waals surface area contributed by atoms with E-state index in [1.165, 1.54) is 12.1 Å². The Hall–Kier alpha value is -2.30. The minimum absolute atomic E-state index is 0.286. The number of halogens is 1. The lowest BCUT2D eigenvalue weighted by atomic mass is 10.2. The van der Waals surface area contributed by atoms with Crippen LogP contribution < -0.4 is 15.4 Å². The molecule has 4 nitrogen and oxygen atoms in total. The molecule has 112 valence electrons. The zero-order valence-corrected chi connectivity index (χ0v) is 12.5. The molecule has 0 saturated heterocycles. The molecule has 1 aromatic heterocycles. The number of anilines is 3. The van der Waals surface area contributed by atoms with Gasteiger partial charge in [0, 0.05) is 12.7 Å². The number of nitrogens with zero attached hydrogens (tertiary/aromatic N) is 2. The molecule has 0 aliphatic carbocycles. The van der Waals surface area contributed by atoms with Gasteiger partial charge in [0.15, 0.2) is 0 Å². The monoisotopic (exact) mass is 289 g/mol. The summed E-state index contributed by atoms with van der Waals surface area (Å²) in [6.45, 7) is 4.65. The maximum atomic E-state index is 13.3. The molecule has 0 aliphatic heterocycles. The van der Waals surface area contributed by atoms with Crippen molar-refractivity contribution in [3.8, 4) is 5.88 Å². The van der Waals surface area contributed by atoms with E-state index in [0.717, 1.165) is 0 Å². The van der Waals surface area contributed by atoms with Crippen molar-refractivity contribution in [3.05, 3.63) is 42.2 Å². The van der Waals surface area contributed by atoms with Crippen LogP contribution in [0.5, 0.6) is 5.88 Å². The van der Waals surface area contributed by atoms with Crippen LogP contribution in [0.15, 0.2) is 36.4 Å². The van der Waals surface area contributed by atoms with Crippen LogP contribution in [-0.2, 0) is 0 Å². The molecule has 1 heterocycles. The molecule has 2 N–H and O–H groups in total. The summed E-state index contributed by atoms with van der Waals surface area (Å²) in [4.78, 5) is 6.19. The Bertz CT molecular complexity index is 616. The van der Waals surface area contributed by atoms with Gasteiger partial charge in [-0.1, -0.05) is 19.9 Å². The topological polar surface area (TPSA) is 51.4 Å². The quantitative estimate of drug-likeness (QED) is 0.913. The summed E-state index contributed by atoms with van der Waals surface area (Å²) in [5.41, 5.74) is 7.08. The van der Waals surface area contributed by atoms with Gasteiger partial charge in [0.05, 0.1) is 12.3 Å². The second-order valence-corrected chi connectivity index (χ2v) is 5.31. The third-order valence-electron chi connectivity index (χ3n) is 2.97. The van der Waals surface area contributed by atoms with Crippen LogP contribution in [0.4, 0.5) is 21.6 Å². The first-order valence-corrected chi connectivity index (χ1v) is 6.86. The number of nitrogens with two attached hydrogens (primary N) is 1. The van der Waals surface area contributed by atoms with Crippen LogP contribution in [0.2, 0.25) is 0 Å². The molecule has 2 aromatic rings. The predicted molar refractivity (Wildman–Crippen MR) is 83.4 cm³/mol. The van der Waals surface area contributed by atoms with Gasteiger partial charge in [-0.05, 0) is 36.2 Å². The molecule has 0 unspecified atom stereocenters. The lowest BCUT2D eigenvalue weighted by Crippen LogP contribution is -2.13. The molecular formula is C16H20FN3O. The average molecular weight is 289 g/mol. The van der Waals surface area contributed by atoms with E-state index in [4.69, 9.17) is 10.5 Å². The first-order valence-electron chi connectivity index (χ1n) is 6.86. The Morgan fingerprint density at radius 3 is 2.71 bits per heavy atom. The number of hydrogen-bond acceptors (Lipinski definition) is 4. The fraction of sp³-hybridized carbons (Fsp3) is 0.312. The summed E-state index contributed by atoms with van der Waals surface area (Å²) >= 11 is 0. The van der Waals surface area contributed by atoms with Crippen LogP contribution in [0.3, 0.4) is 0 Å². The van der Waals surface area contributed by atoms with Gasteiger partial charge in [-0.3, -0.25) is 0 Å². The highest BCUT2D eigenvalue weighted by Gasteiger charge is 2.10. The highest BCUT2D eigenvalue weighted by atomic mass is 19.1. The standard InChI is InChI=1S/C16H20FN3O/c1-11(2)10-21-16-14(18)7-8-15(19-16)20(3)13-6-4-5-12(17)9-13/h4-9,11H,10,18H2,1-3H3. The molecule has 0 bridgehead atoms. The van der Waals surface area contributed by atoms with Crippen molar-refractivity contribution in [1.82, 2.24) is 4.98 Å². The van der Waals surface area contributed by atoms with Crippen molar-refractivity contribution < 1.29 is 9.13 Å². The van der Waals surface area contributed by atoms with Gasteiger partial charge in [-0.25, -0.2) is 4.39 Å². The lowest BCUT2D eigenvalue weighted by molar-refractivity contribution is 0.263. The van der Waals surface area contributed by atoms with E-state index in [9.17, 15) is 4.39 Å². The van der Waals surface area contributed by atoms with Crippen molar-refractivity contribution in [3.63, 3.8) is 0 Å². The highest BCUT2D eigenvalue weighted by molar-refractivity contribution is 5.62. The van der Waals surface area contributed by atoms with Crippen LogP contribution in [0.25, 0.3) is 0 Å². The second-order valence-electron chi connectivity index (χ2n) is 5.31. The van der Waals surface area contributed by atoms with E-state index in [1.54, 1.807) is 23.1 Å². The van der Waals surface area contributed by atoms with Gasteiger partial charge in [0.25, 0.3) is 0 Å². The maximum absolute atomic E-state index is 13.3. The molecule has 0 spiro atoms. The minimum Gasteiger partial charge on any atom is -0.476 e. The number of aromatic nitrogens is 1. The number of pyridine rings is 1. The predicted octanol–water partition coefficient (Wildman–Crippen LogP) is 3.61. The van der Waals surface area contributed by atoms with Crippen molar-refractivity contribution in [2.24, 2.45) is 5.92 Å². The Morgan fingerprint density at radius 2 is 2.05 bits per heavy atom. The second kappa shape index (κ2) is 6.43. The zero-order valence-electron chi connectivity index (χ0n) is 12.5. The van der Waals surface area contributed by atoms with E-state index in [1.807, 2.05) is 13.1 Å². The Labute approximate surface area is 124 Å². The van der Waals surface area contributed by atoms with Crippen molar-refractivity contribution >= 4 is 17.2 Å². The number of nitrogen functional groups attached to an aromatic ring is 1. The maximum Gasteiger partial charge on any atom is 0.239 e. The molecule has 0 saturated carbocycles. The fourth-order valence-electron chi connectivity index (χ4n) is 1.81. The SMILES string of the molecule is CC(C)COc1nc(N(C)c2cccc(F)c2)ccc1N. The Morgan fingerprint density at radius 1 is 1.29 bits per heavy atom. The van der Waals surface area contributed by atoms with Crippen molar-refractivity contribution in [2.75, 3.05) is 24.3 Å². The first-order chi connectivity index (χ1) is 9.97. The molecule has 0 fully saturated rings. The summed E-state index contributed by atoms with van der Waals surface area (Å²) in [5.74, 6) is 1.15. The van der Waals surface area contributed by atoms with E-state index < -0.39 is 0 Å². The summed E-state index contributed by atoms with van der Waals surface area (Å²) in [6, 6.07) is 9.86. The van der Waals surface area contributed by atoms with Crippen molar-refractivity contribution in [1.29, 1.82) is 0 Å².